The number of thioether (sulfide) groups is 1. The normalized spacial score (nSPS) is 16.4. The van der Waals surface area contributed by atoms with Crippen LogP contribution in [0.25, 0.3) is 0 Å². The van der Waals surface area contributed by atoms with Crippen molar-refractivity contribution >= 4 is 17.7 Å². The Kier molecular flexibility index (Phi) is 4.85. The summed E-state index contributed by atoms with van der Waals surface area (Å²) in [6.07, 6.45) is 3.26. The number of carbonyl (C=O) groups excluding carboxylic acids is 1. The highest BCUT2D eigenvalue weighted by Gasteiger charge is 2.30. The molecule has 106 valence electrons. The van der Waals surface area contributed by atoms with E-state index in [1.54, 1.807) is 0 Å². The zero-order valence-corrected chi connectivity index (χ0v) is 12.6. The maximum Gasteiger partial charge on any atom is 0.319 e. The van der Waals surface area contributed by atoms with Gasteiger partial charge in [0, 0.05) is 12.5 Å². The van der Waals surface area contributed by atoms with E-state index in [1.165, 1.54) is 24.6 Å². The molecule has 0 saturated heterocycles. The van der Waals surface area contributed by atoms with E-state index in [1.807, 2.05) is 13.8 Å². The van der Waals surface area contributed by atoms with E-state index >= 15 is 0 Å². The van der Waals surface area contributed by atoms with Gasteiger partial charge in [-0.15, -0.1) is 10.2 Å². The summed E-state index contributed by atoms with van der Waals surface area (Å²) >= 11 is 1.43. The minimum absolute atomic E-state index is 0.175. The average Bonchev–Trinajstić information content (AvgIpc) is 3.17. The van der Waals surface area contributed by atoms with Gasteiger partial charge in [-0.25, -0.2) is 0 Å². The van der Waals surface area contributed by atoms with Crippen LogP contribution in [-0.4, -0.2) is 32.6 Å². The van der Waals surface area contributed by atoms with E-state index in [-0.39, 0.29) is 11.2 Å². The Morgan fingerprint density at radius 1 is 1.47 bits per heavy atom. The summed E-state index contributed by atoms with van der Waals surface area (Å²) in [7, 11) is 0. The second-order valence-corrected chi connectivity index (χ2v) is 6.09. The van der Waals surface area contributed by atoms with E-state index in [9.17, 15) is 4.79 Å². The molecule has 1 atom stereocenters. The molecule has 0 bridgehead atoms. The number of hydrogen-bond donors (Lipinski definition) is 0. The van der Waals surface area contributed by atoms with Crippen LogP contribution < -0.4 is 0 Å². The summed E-state index contributed by atoms with van der Waals surface area (Å²) in [5.41, 5.74) is 0. The molecule has 1 aromatic rings. The lowest BCUT2D eigenvalue weighted by Crippen LogP contribution is -2.18. The van der Waals surface area contributed by atoms with E-state index < -0.39 is 0 Å². The van der Waals surface area contributed by atoms with Crippen LogP contribution in [0.1, 0.15) is 51.8 Å². The molecule has 0 aliphatic heterocycles. The van der Waals surface area contributed by atoms with Crippen molar-refractivity contribution in [1.29, 1.82) is 0 Å². The van der Waals surface area contributed by atoms with Crippen LogP contribution in [0.3, 0.4) is 0 Å². The third-order valence-electron chi connectivity index (χ3n) is 3.07. The number of hydrogen-bond acceptors (Lipinski definition) is 5. The van der Waals surface area contributed by atoms with Gasteiger partial charge in [-0.05, 0) is 33.1 Å². The van der Waals surface area contributed by atoms with Gasteiger partial charge in [0.05, 0.1) is 6.61 Å². The Hall–Kier alpha value is -1.04. The molecule has 1 aliphatic rings. The molecule has 2 rings (SSSR count). The molecule has 1 aromatic heterocycles. The van der Waals surface area contributed by atoms with E-state index in [2.05, 4.69) is 21.7 Å². The zero-order chi connectivity index (χ0) is 13.8. The van der Waals surface area contributed by atoms with Gasteiger partial charge in [0.15, 0.2) is 5.16 Å². The van der Waals surface area contributed by atoms with Gasteiger partial charge in [-0.2, -0.15) is 0 Å². The molecular weight excluding hydrogens is 262 g/mol. The Bertz CT molecular complexity index is 443. The molecule has 5 nitrogen and oxygen atoms in total. The van der Waals surface area contributed by atoms with Crippen molar-refractivity contribution < 1.29 is 9.53 Å². The molecule has 1 aliphatic carbocycles. The minimum atomic E-state index is -0.242. The molecule has 1 fully saturated rings. The van der Waals surface area contributed by atoms with Crippen LogP contribution in [0.15, 0.2) is 5.16 Å². The quantitative estimate of drug-likeness (QED) is 0.568. The monoisotopic (exact) mass is 283 g/mol. The molecule has 1 heterocycles. The molecule has 6 heteroatoms. The van der Waals surface area contributed by atoms with Crippen molar-refractivity contribution in [2.45, 2.75) is 62.9 Å². The van der Waals surface area contributed by atoms with Gasteiger partial charge in [0.2, 0.25) is 0 Å². The molecule has 0 spiro atoms. The third kappa shape index (κ3) is 3.49. The van der Waals surface area contributed by atoms with Gasteiger partial charge in [-0.3, -0.25) is 4.79 Å². The summed E-state index contributed by atoms with van der Waals surface area (Å²) in [4.78, 5) is 11.8. The standard InChI is InChI=1S/C13H21N3O2S/c1-4-8-18-12(17)9(3)19-13-15-14-11(10-6-7-10)16(13)5-2/h9-10H,4-8H2,1-3H3. The maximum atomic E-state index is 11.8. The van der Waals surface area contributed by atoms with Crippen molar-refractivity contribution in [3.63, 3.8) is 0 Å². The zero-order valence-electron chi connectivity index (χ0n) is 11.8. The molecule has 0 amide bonds. The molecule has 0 radical (unpaired) electrons. The number of ether oxygens (including phenoxy) is 1. The van der Waals surface area contributed by atoms with E-state index in [0.29, 0.717) is 12.5 Å². The second kappa shape index (κ2) is 6.41. The van der Waals surface area contributed by atoms with Crippen LogP contribution >= 0.6 is 11.8 Å². The first-order valence-electron chi connectivity index (χ1n) is 6.93. The Morgan fingerprint density at radius 2 is 2.21 bits per heavy atom. The summed E-state index contributed by atoms with van der Waals surface area (Å²) in [6.45, 7) is 7.25. The van der Waals surface area contributed by atoms with Crippen molar-refractivity contribution in [1.82, 2.24) is 14.8 Å². The maximum absolute atomic E-state index is 11.8. The number of carbonyl (C=O) groups is 1. The number of nitrogens with zero attached hydrogens (tertiary/aromatic N) is 3. The minimum Gasteiger partial charge on any atom is -0.465 e. The first-order chi connectivity index (χ1) is 9.17. The topological polar surface area (TPSA) is 57.0 Å². The van der Waals surface area contributed by atoms with Crippen molar-refractivity contribution in [3.05, 3.63) is 5.82 Å². The lowest BCUT2D eigenvalue weighted by Gasteiger charge is -2.11. The van der Waals surface area contributed by atoms with Crippen LogP contribution in [-0.2, 0) is 16.1 Å². The van der Waals surface area contributed by atoms with Crippen LogP contribution in [0.2, 0.25) is 0 Å². The SMILES string of the molecule is CCCOC(=O)C(C)Sc1nnc(C2CC2)n1CC. The Morgan fingerprint density at radius 3 is 2.79 bits per heavy atom. The van der Waals surface area contributed by atoms with Crippen molar-refractivity contribution in [2.75, 3.05) is 6.61 Å². The summed E-state index contributed by atoms with van der Waals surface area (Å²) in [6, 6.07) is 0. The lowest BCUT2D eigenvalue weighted by molar-refractivity contribution is -0.142. The van der Waals surface area contributed by atoms with Gasteiger partial charge >= 0.3 is 5.97 Å². The molecule has 0 N–H and O–H groups in total. The van der Waals surface area contributed by atoms with Crippen LogP contribution in [0.4, 0.5) is 0 Å². The average molecular weight is 283 g/mol. The van der Waals surface area contributed by atoms with Gasteiger partial charge in [-0.1, -0.05) is 18.7 Å². The Balaban J connectivity index is 2.00. The first kappa shape index (κ1) is 14.4. The Labute approximate surface area is 118 Å². The fraction of sp³-hybridized carbons (Fsp3) is 0.769. The summed E-state index contributed by atoms with van der Waals surface area (Å²) in [5, 5.41) is 9.06. The predicted octanol–water partition coefficient (Wildman–Crippen LogP) is 2.61. The van der Waals surface area contributed by atoms with Gasteiger partial charge in [0.25, 0.3) is 0 Å². The van der Waals surface area contributed by atoms with E-state index in [4.69, 9.17) is 4.74 Å². The summed E-state index contributed by atoms with van der Waals surface area (Å²) < 4.78 is 7.27. The molecule has 19 heavy (non-hydrogen) atoms. The fourth-order valence-corrected chi connectivity index (χ4v) is 2.77. The third-order valence-corrected chi connectivity index (χ3v) is 4.13. The van der Waals surface area contributed by atoms with Gasteiger partial charge in [0.1, 0.15) is 11.1 Å². The number of aromatic nitrogens is 3. The highest BCUT2D eigenvalue weighted by Crippen LogP contribution is 2.40. The van der Waals surface area contributed by atoms with Crippen molar-refractivity contribution in [2.24, 2.45) is 0 Å². The predicted molar refractivity (Wildman–Crippen MR) is 74.2 cm³/mol. The number of esters is 1. The van der Waals surface area contributed by atoms with Crippen LogP contribution in [0, 0.1) is 0 Å². The first-order valence-corrected chi connectivity index (χ1v) is 7.81. The highest BCUT2D eigenvalue weighted by atomic mass is 32.2. The lowest BCUT2D eigenvalue weighted by atomic mass is 10.4. The molecular formula is C13H21N3O2S. The van der Waals surface area contributed by atoms with Crippen molar-refractivity contribution in [3.8, 4) is 0 Å². The highest BCUT2D eigenvalue weighted by molar-refractivity contribution is 8.00. The fourth-order valence-electron chi connectivity index (χ4n) is 1.85. The molecule has 0 aromatic carbocycles. The van der Waals surface area contributed by atoms with Crippen LogP contribution in [0.5, 0.6) is 0 Å². The summed E-state index contributed by atoms with van der Waals surface area (Å²) in [5.74, 6) is 1.47. The second-order valence-electron chi connectivity index (χ2n) is 4.79. The molecule has 1 saturated carbocycles. The molecule has 1 unspecified atom stereocenters. The number of rotatable bonds is 7. The van der Waals surface area contributed by atoms with E-state index in [0.717, 1.165) is 23.9 Å². The smallest absolute Gasteiger partial charge is 0.319 e. The largest absolute Gasteiger partial charge is 0.465 e. The van der Waals surface area contributed by atoms with Gasteiger partial charge < -0.3 is 9.30 Å².